The molecule has 1 aliphatic rings. The summed E-state index contributed by atoms with van der Waals surface area (Å²) < 4.78 is 2.32. The fourth-order valence-corrected chi connectivity index (χ4v) is 4.69. The van der Waals surface area contributed by atoms with Crippen LogP contribution in [0.4, 0.5) is 0 Å². The number of pyridine rings is 1. The molecule has 1 N–H and O–H groups in total. The molecule has 1 aliphatic heterocycles. The number of carbonyl (C=O) groups excluding carboxylic acids is 1. The van der Waals surface area contributed by atoms with Crippen LogP contribution in [-0.2, 0) is 14.1 Å². The summed E-state index contributed by atoms with van der Waals surface area (Å²) in [4.78, 5) is 45.1. The molecule has 4 heterocycles. The van der Waals surface area contributed by atoms with Gasteiger partial charge in [-0.3, -0.25) is 23.6 Å². The number of nitrogens with zero attached hydrogens (tertiary/aromatic N) is 4. The molecule has 0 radical (unpaired) electrons. The molecule has 1 unspecified atom stereocenters. The van der Waals surface area contributed by atoms with Crippen molar-refractivity contribution in [3.8, 4) is 0 Å². The highest BCUT2D eigenvalue weighted by Gasteiger charge is 2.25. The van der Waals surface area contributed by atoms with Gasteiger partial charge in [0.1, 0.15) is 5.65 Å². The molecule has 152 valence electrons. The van der Waals surface area contributed by atoms with E-state index in [1.807, 2.05) is 11.4 Å². The third kappa shape index (κ3) is 3.63. The van der Waals surface area contributed by atoms with Crippen LogP contribution in [0.1, 0.15) is 34.1 Å². The molecule has 0 aliphatic carbocycles. The van der Waals surface area contributed by atoms with E-state index in [0.29, 0.717) is 12.1 Å². The zero-order valence-electron chi connectivity index (χ0n) is 16.4. The van der Waals surface area contributed by atoms with Crippen LogP contribution in [0.15, 0.2) is 39.4 Å². The second-order valence-corrected chi connectivity index (χ2v) is 8.26. The average Bonchev–Trinajstić information content (AvgIpc) is 3.45. The highest BCUT2D eigenvalue weighted by molar-refractivity contribution is 7.10. The lowest BCUT2D eigenvalue weighted by atomic mass is 10.2. The largest absolute Gasteiger partial charge is 0.350 e. The fourth-order valence-electron chi connectivity index (χ4n) is 3.82. The smallest absolute Gasteiger partial charge is 0.332 e. The maximum atomic E-state index is 12.8. The van der Waals surface area contributed by atoms with Gasteiger partial charge in [0.25, 0.3) is 11.5 Å². The number of amides is 1. The molecule has 3 aromatic heterocycles. The number of aromatic nitrogens is 3. The molecular formula is C20H23N5O3S. The van der Waals surface area contributed by atoms with Gasteiger partial charge in [-0.05, 0) is 43.4 Å². The van der Waals surface area contributed by atoms with E-state index in [0.717, 1.165) is 17.7 Å². The summed E-state index contributed by atoms with van der Waals surface area (Å²) in [5, 5.41) is 5.29. The van der Waals surface area contributed by atoms with Crippen molar-refractivity contribution in [3.63, 3.8) is 0 Å². The Bertz CT molecular complexity index is 1160. The van der Waals surface area contributed by atoms with E-state index in [1.54, 1.807) is 18.4 Å². The predicted molar refractivity (Wildman–Crippen MR) is 112 cm³/mol. The Morgan fingerprint density at radius 2 is 2.00 bits per heavy atom. The first-order chi connectivity index (χ1) is 14.0. The van der Waals surface area contributed by atoms with Gasteiger partial charge in [0.15, 0.2) is 0 Å². The van der Waals surface area contributed by atoms with Crippen molar-refractivity contribution in [1.82, 2.24) is 24.3 Å². The number of nitrogens with one attached hydrogen (secondary N) is 1. The summed E-state index contributed by atoms with van der Waals surface area (Å²) in [5.41, 5.74) is -0.335. The van der Waals surface area contributed by atoms with Gasteiger partial charge in [0.2, 0.25) is 0 Å². The third-order valence-corrected chi connectivity index (χ3v) is 6.44. The number of hydrogen-bond donors (Lipinski definition) is 1. The molecule has 1 atom stereocenters. The monoisotopic (exact) mass is 413 g/mol. The van der Waals surface area contributed by atoms with Crippen LogP contribution in [-0.4, -0.2) is 44.6 Å². The molecule has 0 saturated carbocycles. The minimum Gasteiger partial charge on any atom is -0.350 e. The Morgan fingerprint density at radius 3 is 2.69 bits per heavy atom. The molecule has 1 fully saturated rings. The topological polar surface area (TPSA) is 89.2 Å². The van der Waals surface area contributed by atoms with Gasteiger partial charge in [-0.1, -0.05) is 6.07 Å². The predicted octanol–water partition coefficient (Wildman–Crippen LogP) is 1.26. The summed E-state index contributed by atoms with van der Waals surface area (Å²) in [6.45, 7) is 2.54. The molecule has 1 saturated heterocycles. The Hall–Kier alpha value is -2.78. The first kappa shape index (κ1) is 19.5. The maximum Gasteiger partial charge on any atom is 0.332 e. The lowest BCUT2D eigenvalue weighted by Gasteiger charge is -2.26. The van der Waals surface area contributed by atoms with Crippen molar-refractivity contribution in [2.45, 2.75) is 18.9 Å². The van der Waals surface area contributed by atoms with E-state index in [2.05, 4.69) is 21.3 Å². The average molecular weight is 414 g/mol. The van der Waals surface area contributed by atoms with E-state index in [-0.39, 0.29) is 23.0 Å². The molecule has 0 aromatic carbocycles. The molecule has 0 bridgehead atoms. The summed E-state index contributed by atoms with van der Waals surface area (Å²) >= 11 is 1.69. The lowest BCUT2D eigenvalue weighted by Crippen LogP contribution is -2.38. The number of hydrogen-bond acceptors (Lipinski definition) is 6. The van der Waals surface area contributed by atoms with E-state index in [1.165, 1.54) is 41.6 Å². The van der Waals surface area contributed by atoms with Gasteiger partial charge >= 0.3 is 5.69 Å². The maximum absolute atomic E-state index is 12.8. The second-order valence-electron chi connectivity index (χ2n) is 7.29. The molecule has 29 heavy (non-hydrogen) atoms. The summed E-state index contributed by atoms with van der Waals surface area (Å²) in [5.74, 6) is -0.281. The lowest BCUT2D eigenvalue weighted by molar-refractivity contribution is 0.0938. The van der Waals surface area contributed by atoms with Crippen molar-refractivity contribution in [1.29, 1.82) is 0 Å². The number of rotatable bonds is 5. The van der Waals surface area contributed by atoms with Gasteiger partial charge < -0.3 is 5.32 Å². The van der Waals surface area contributed by atoms with Crippen molar-refractivity contribution in [3.05, 3.63) is 61.1 Å². The number of carbonyl (C=O) groups is 1. The number of aryl methyl sites for hydroxylation is 1. The van der Waals surface area contributed by atoms with Gasteiger partial charge in [0, 0.05) is 31.7 Å². The molecule has 4 rings (SSSR count). The van der Waals surface area contributed by atoms with Crippen LogP contribution < -0.4 is 16.6 Å². The number of likely N-dealkylation sites (tertiary alicyclic amines) is 1. The van der Waals surface area contributed by atoms with Crippen LogP contribution in [0.5, 0.6) is 0 Å². The molecule has 3 aromatic rings. The van der Waals surface area contributed by atoms with Gasteiger partial charge in [-0.2, -0.15) is 0 Å². The van der Waals surface area contributed by atoms with Gasteiger partial charge in [-0.15, -0.1) is 11.3 Å². The summed E-state index contributed by atoms with van der Waals surface area (Å²) in [6.07, 6.45) is 3.76. The molecular weight excluding hydrogens is 390 g/mol. The normalized spacial score (nSPS) is 15.7. The van der Waals surface area contributed by atoms with Crippen molar-refractivity contribution in [2.75, 3.05) is 19.6 Å². The van der Waals surface area contributed by atoms with Gasteiger partial charge in [0.05, 0.1) is 17.0 Å². The highest BCUT2D eigenvalue weighted by Crippen LogP contribution is 2.27. The fraction of sp³-hybridized carbons (Fsp3) is 0.400. The first-order valence-electron chi connectivity index (χ1n) is 9.59. The first-order valence-corrected chi connectivity index (χ1v) is 10.5. The highest BCUT2D eigenvalue weighted by atomic mass is 32.1. The van der Waals surface area contributed by atoms with E-state index < -0.39 is 11.2 Å². The Morgan fingerprint density at radius 1 is 1.24 bits per heavy atom. The number of fused-ring (bicyclic) bond motifs is 1. The van der Waals surface area contributed by atoms with Crippen LogP contribution in [0.3, 0.4) is 0 Å². The molecule has 0 spiro atoms. The van der Waals surface area contributed by atoms with Crippen LogP contribution in [0.2, 0.25) is 0 Å². The number of thiophene rings is 1. The van der Waals surface area contributed by atoms with E-state index in [9.17, 15) is 14.4 Å². The summed E-state index contributed by atoms with van der Waals surface area (Å²) in [7, 11) is 2.97. The minimum atomic E-state index is -0.459. The second kappa shape index (κ2) is 7.92. The molecule has 1 amide bonds. The molecule has 9 heteroatoms. The van der Waals surface area contributed by atoms with E-state index >= 15 is 0 Å². The van der Waals surface area contributed by atoms with Crippen molar-refractivity contribution < 1.29 is 4.79 Å². The summed E-state index contributed by atoms with van der Waals surface area (Å²) in [6, 6.07) is 5.78. The quantitative estimate of drug-likeness (QED) is 0.680. The zero-order valence-corrected chi connectivity index (χ0v) is 17.2. The van der Waals surface area contributed by atoms with Crippen LogP contribution in [0, 0.1) is 0 Å². The van der Waals surface area contributed by atoms with Crippen LogP contribution in [0.25, 0.3) is 11.0 Å². The zero-order chi connectivity index (χ0) is 20.5. The van der Waals surface area contributed by atoms with Crippen molar-refractivity contribution in [2.24, 2.45) is 14.1 Å². The molecule has 8 nitrogen and oxygen atoms in total. The Kier molecular flexibility index (Phi) is 5.33. The van der Waals surface area contributed by atoms with Gasteiger partial charge in [-0.25, -0.2) is 9.78 Å². The minimum absolute atomic E-state index is 0.142. The Labute approximate surface area is 171 Å². The van der Waals surface area contributed by atoms with Crippen LogP contribution >= 0.6 is 11.3 Å². The SMILES string of the molecule is Cn1c(=O)c2cc(C(=O)NCC(c3cccs3)N3CCCC3)cnc2n(C)c1=O. The standard InChI is InChI=1S/C20H23N5O3S/c1-23-17-14(19(27)24(2)20(23)28)10-13(11-21-17)18(26)22-12-15(16-6-5-9-29-16)25-7-3-4-8-25/h5-6,9-11,15H,3-4,7-8,12H2,1-2H3,(H,22,26). The van der Waals surface area contributed by atoms with E-state index in [4.69, 9.17) is 0 Å². The third-order valence-electron chi connectivity index (χ3n) is 5.46. The Balaban J connectivity index is 1.58. The van der Waals surface area contributed by atoms with Crippen molar-refractivity contribution >= 4 is 28.3 Å².